The quantitative estimate of drug-likeness (QED) is 0.936. The molecule has 2 fully saturated rings. The molecule has 1 aliphatic carbocycles. The zero-order valence-corrected chi connectivity index (χ0v) is 12.3. The van der Waals surface area contributed by atoms with Crippen LogP contribution in [0.2, 0.25) is 0 Å². The molecule has 1 aliphatic heterocycles. The van der Waals surface area contributed by atoms with Gasteiger partial charge in [0.2, 0.25) is 0 Å². The van der Waals surface area contributed by atoms with Crippen molar-refractivity contribution in [3.63, 3.8) is 0 Å². The smallest absolute Gasteiger partial charge is 0.140 e. The maximum absolute atomic E-state index is 4.61. The van der Waals surface area contributed by atoms with Gasteiger partial charge in [0.05, 0.1) is 5.52 Å². The Morgan fingerprint density at radius 3 is 2.90 bits per heavy atom. The van der Waals surface area contributed by atoms with Crippen molar-refractivity contribution >= 4 is 16.7 Å². The molecule has 1 saturated carbocycles. The van der Waals surface area contributed by atoms with Gasteiger partial charge in [-0.2, -0.15) is 0 Å². The molecule has 4 heteroatoms. The Kier molecular flexibility index (Phi) is 3.47. The number of para-hydroxylation sites is 1. The van der Waals surface area contributed by atoms with E-state index in [1.54, 1.807) is 6.33 Å². The van der Waals surface area contributed by atoms with Crippen LogP contribution in [0.1, 0.15) is 32.1 Å². The lowest BCUT2D eigenvalue weighted by Crippen LogP contribution is -2.46. The Labute approximate surface area is 125 Å². The third-order valence-corrected chi connectivity index (χ3v) is 4.64. The number of piperidine rings is 1. The Morgan fingerprint density at radius 2 is 2.00 bits per heavy atom. The molecule has 1 aromatic carbocycles. The fraction of sp³-hybridized carbons (Fsp3) is 0.529. The van der Waals surface area contributed by atoms with Crippen LogP contribution < -0.4 is 10.2 Å². The normalized spacial score (nSPS) is 22.7. The molecular weight excluding hydrogens is 260 g/mol. The molecule has 4 nitrogen and oxygen atoms in total. The van der Waals surface area contributed by atoms with Gasteiger partial charge in [-0.05, 0) is 44.2 Å². The summed E-state index contributed by atoms with van der Waals surface area (Å²) in [5, 5.41) is 4.87. The van der Waals surface area contributed by atoms with E-state index in [9.17, 15) is 0 Å². The second-order valence-corrected chi connectivity index (χ2v) is 6.24. The minimum absolute atomic E-state index is 0.567. The van der Waals surface area contributed by atoms with Crippen molar-refractivity contribution in [2.24, 2.45) is 0 Å². The summed E-state index contributed by atoms with van der Waals surface area (Å²) in [6.07, 6.45) is 8.26. The number of benzene rings is 1. The maximum Gasteiger partial charge on any atom is 0.140 e. The first-order chi connectivity index (χ1) is 10.4. The Bertz CT molecular complexity index is 618. The summed E-state index contributed by atoms with van der Waals surface area (Å²) in [6, 6.07) is 9.68. The molecule has 21 heavy (non-hydrogen) atoms. The molecule has 1 N–H and O–H groups in total. The zero-order valence-electron chi connectivity index (χ0n) is 12.3. The van der Waals surface area contributed by atoms with E-state index in [0.29, 0.717) is 6.04 Å². The Balaban J connectivity index is 1.63. The highest BCUT2D eigenvalue weighted by atomic mass is 15.2. The molecule has 2 aliphatic rings. The maximum atomic E-state index is 4.61. The standard InChI is InChI=1S/C17H22N4/c1-2-7-16-15(6-1)17(20-12-19-16)21-10-4-3-5-14(21)11-18-13-8-9-13/h1-2,6-7,12-14,18H,3-5,8-11H2. The minimum Gasteiger partial charge on any atom is -0.352 e. The highest BCUT2D eigenvalue weighted by Gasteiger charge is 2.27. The molecule has 1 unspecified atom stereocenters. The van der Waals surface area contributed by atoms with Gasteiger partial charge >= 0.3 is 0 Å². The van der Waals surface area contributed by atoms with Gasteiger partial charge in [0.25, 0.3) is 0 Å². The van der Waals surface area contributed by atoms with Crippen LogP contribution in [0.4, 0.5) is 5.82 Å². The second kappa shape index (κ2) is 5.60. The fourth-order valence-corrected chi connectivity index (χ4v) is 3.30. The van der Waals surface area contributed by atoms with E-state index in [-0.39, 0.29) is 0 Å². The van der Waals surface area contributed by atoms with Crippen LogP contribution in [0.5, 0.6) is 0 Å². The average molecular weight is 282 g/mol. The largest absolute Gasteiger partial charge is 0.352 e. The van der Waals surface area contributed by atoms with Crippen molar-refractivity contribution in [1.29, 1.82) is 0 Å². The molecule has 0 radical (unpaired) electrons. The van der Waals surface area contributed by atoms with Crippen LogP contribution in [-0.4, -0.2) is 35.1 Å². The van der Waals surface area contributed by atoms with Gasteiger partial charge in [0.1, 0.15) is 12.1 Å². The van der Waals surface area contributed by atoms with Gasteiger partial charge in [-0.1, -0.05) is 12.1 Å². The third-order valence-electron chi connectivity index (χ3n) is 4.64. The van der Waals surface area contributed by atoms with Gasteiger partial charge in [-0.15, -0.1) is 0 Å². The first kappa shape index (κ1) is 13.0. The van der Waals surface area contributed by atoms with Crippen molar-refractivity contribution < 1.29 is 0 Å². The summed E-state index contributed by atoms with van der Waals surface area (Å²) in [4.78, 5) is 11.5. The predicted octanol–water partition coefficient (Wildman–Crippen LogP) is 2.74. The lowest BCUT2D eigenvalue weighted by atomic mass is 10.0. The number of nitrogens with zero attached hydrogens (tertiary/aromatic N) is 3. The van der Waals surface area contributed by atoms with Crippen molar-refractivity contribution in [2.75, 3.05) is 18.0 Å². The second-order valence-electron chi connectivity index (χ2n) is 6.24. The van der Waals surface area contributed by atoms with Crippen molar-refractivity contribution in [2.45, 2.75) is 44.2 Å². The SMILES string of the molecule is c1ccc2c(N3CCCCC3CNC3CC3)ncnc2c1. The molecule has 0 spiro atoms. The van der Waals surface area contributed by atoms with Crippen LogP contribution in [0.25, 0.3) is 10.9 Å². The van der Waals surface area contributed by atoms with Crippen LogP contribution in [-0.2, 0) is 0 Å². The highest BCUT2D eigenvalue weighted by Crippen LogP contribution is 2.29. The summed E-state index contributed by atoms with van der Waals surface area (Å²) >= 11 is 0. The number of aromatic nitrogens is 2. The molecule has 1 saturated heterocycles. The number of nitrogens with one attached hydrogen (secondary N) is 1. The first-order valence-corrected chi connectivity index (χ1v) is 8.11. The summed E-state index contributed by atoms with van der Waals surface area (Å²) < 4.78 is 0. The molecule has 2 aromatic rings. The van der Waals surface area contributed by atoms with Gasteiger partial charge in [0.15, 0.2) is 0 Å². The van der Waals surface area contributed by atoms with E-state index in [2.05, 4.69) is 38.4 Å². The molecule has 0 amide bonds. The van der Waals surface area contributed by atoms with Gasteiger partial charge in [-0.25, -0.2) is 9.97 Å². The van der Waals surface area contributed by atoms with Gasteiger partial charge in [-0.3, -0.25) is 0 Å². The minimum atomic E-state index is 0.567. The summed E-state index contributed by atoms with van der Waals surface area (Å²) in [7, 11) is 0. The monoisotopic (exact) mass is 282 g/mol. The number of fused-ring (bicyclic) bond motifs is 1. The molecule has 4 rings (SSSR count). The Hall–Kier alpha value is -1.68. The summed E-state index contributed by atoms with van der Waals surface area (Å²) in [5.41, 5.74) is 1.04. The first-order valence-electron chi connectivity index (χ1n) is 8.11. The van der Waals surface area contributed by atoms with E-state index < -0.39 is 0 Å². The fourth-order valence-electron chi connectivity index (χ4n) is 3.30. The van der Waals surface area contributed by atoms with Crippen LogP contribution in [0, 0.1) is 0 Å². The van der Waals surface area contributed by atoms with Crippen molar-refractivity contribution in [1.82, 2.24) is 15.3 Å². The molecule has 0 bridgehead atoms. The van der Waals surface area contributed by atoms with Gasteiger partial charge in [0, 0.05) is 30.6 Å². The number of hydrogen-bond donors (Lipinski definition) is 1. The topological polar surface area (TPSA) is 41.0 Å². The Morgan fingerprint density at radius 1 is 1.10 bits per heavy atom. The average Bonchev–Trinajstić information content (AvgIpc) is 3.37. The van der Waals surface area contributed by atoms with E-state index >= 15 is 0 Å². The number of anilines is 1. The van der Waals surface area contributed by atoms with Gasteiger partial charge < -0.3 is 10.2 Å². The van der Waals surface area contributed by atoms with Crippen molar-refractivity contribution in [3.8, 4) is 0 Å². The predicted molar refractivity (Wildman–Crippen MR) is 85.5 cm³/mol. The lowest BCUT2D eigenvalue weighted by Gasteiger charge is -2.37. The zero-order chi connectivity index (χ0) is 14.1. The highest BCUT2D eigenvalue weighted by molar-refractivity contribution is 5.89. The molecule has 2 heterocycles. The molecule has 1 aromatic heterocycles. The van der Waals surface area contributed by atoms with Crippen LogP contribution in [0.15, 0.2) is 30.6 Å². The van der Waals surface area contributed by atoms with Crippen molar-refractivity contribution in [3.05, 3.63) is 30.6 Å². The molecular formula is C17H22N4. The van der Waals surface area contributed by atoms with E-state index in [4.69, 9.17) is 0 Å². The third kappa shape index (κ3) is 2.72. The summed E-state index contributed by atoms with van der Waals surface area (Å²) in [6.45, 7) is 2.20. The number of hydrogen-bond acceptors (Lipinski definition) is 4. The van der Waals surface area contributed by atoms with E-state index in [0.717, 1.165) is 30.5 Å². The van der Waals surface area contributed by atoms with E-state index in [1.165, 1.54) is 37.5 Å². The molecule has 110 valence electrons. The van der Waals surface area contributed by atoms with Crippen LogP contribution >= 0.6 is 0 Å². The summed E-state index contributed by atoms with van der Waals surface area (Å²) in [5.74, 6) is 1.11. The van der Waals surface area contributed by atoms with Crippen LogP contribution in [0.3, 0.4) is 0 Å². The van der Waals surface area contributed by atoms with E-state index in [1.807, 2.05) is 6.07 Å². The lowest BCUT2D eigenvalue weighted by molar-refractivity contribution is 0.432. The molecule has 1 atom stereocenters. The number of rotatable bonds is 4.